The third-order valence-electron chi connectivity index (χ3n) is 4.03. The first-order chi connectivity index (χ1) is 9.24. The number of benzene rings is 1. The Balaban J connectivity index is 3.10. The fourth-order valence-corrected chi connectivity index (χ4v) is 3.41. The van der Waals surface area contributed by atoms with Gasteiger partial charge in [-0.15, -0.1) is 0 Å². The Hall–Kier alpha value is -0.860. The lowest BCUT2D eigenvalue weighted by Crippen LogP contribution is -2.53. The molecule has 108 valence electrons. The molecule has 1 atom stereocenters. The molecule has 0 aliphatic heterocycles. The molecule has 0 fully saturated rings. The number of nitrogens with zero attached hydrogens (tertiary/aromatic N) is 1. The molecule has 1 rings (SSSR count). The van der Waals surface area contributed by atoms with E-state index in [0.29, 0.717) is 0 Å². The summed E-state index contributed by atoms with van der Waals surface area (Å²) in [5, 5.41) is 9.98. The summed E-state index contributed by atoms with van der Waals surface area (Å²) in [6, 6.07) is 10.8. The molecule has 0 heterocycles. The maximum Gasteiger partial charge on any atom is 0.138 e. The van der Waals surface area contributed by atoms with Crippen LogP contribution < -0.4 is 0 Å². The van der Waals surface area contributed by atoms with Crippen LogP contribution in [0.25, 0.3) is 0 Å². The largest absolute Gasteiger partial charge is 0.390 e. The van der Waals surface area contributed by atoms with Gasteiger partial charge in [0.25, 0.3) is 0 Å². The van der Waals surface area contributed by atoms with Crippen molar-refractivity contribution >= 4 is 0 Å². The van der Waals surface area contributed by atoms with Crippen molar-refractivity contribution in [1.82, 2.24) is 0 Å². The number of hydrogen-bond donors (Lipinski definition) is 1. The van der Waals surface area contributed by atoms with E-state index in [1.54, 1.807) is 0 Å². The lowest BCUT2D eigenvalue weighted by molar-refractivity contribution is -0.957. The molecule has 0 amide bonds. The zero-order chi connectivity index (χ0) is 14.1. The molecule has 2 nitrogen and oxygen atoms in total. The summed E-state index contributed by atoms with van der Waals surface area (Å²) < 4.78 is 1.03. The maximum atomic E-state index is 9.98. The molecule has 2 heteroatoms. The van der Waals surface area contributed by atoms with Crippen LogP contribution in [0, 0.1) is 0 Å². The fraction of sp³-hybridized carbons (Fsp3) is 0.647. The lowest BCUT2D eigenvalue weighted by Gasteiger charge is -2.44. The molecular formula is C17H30NO+. The van der Waals surface area contributed by atoms with Crippen molar-refractivity contribution in [1.29, 1.82) is 0 Å². The van der Waals surface area contributed by atoms with Gasteiger partial charge in [0.05, 0.1) is 26.2 Å². The van der Waals surface area contributed by atoms with Crippen LogP contribution in [0.15, 0.2) is 30.3 Å². The van der Waals surface area contributed by atoms with Crippen molar-refractivity contribution in [3.8, 4) is 0 Å². The number of rotatable bonds is 9. The molecule has 0 aliphatic carbocycles. The molecule has 1 aromatic carbocycles. The molecule has 19 heavy (non-hydrogen) atoms. The zero-order valence-corrected chi connectivity index (χ0v) is 12.8. The highest BCUT2D eigenvalue weighted by molar-refractivity contribution is 5.17. The Morgan fingerprint density at radius 1 is 0.895 bits per heavy atom. The SMILES string of the molecule is CCC[N+](CCC)(CCC)C(CO)c1ccccc1. The highest BCUT2D eigenvalue weighted by Crippen LogP contribution is 2.30. The molecule has 1 aromatic rings. The molecule has 0 radical (unpaired) electrons. The van der Waals surface area contributed by atoms with Crippen molar-refractivity contribution in [2.75, 3.05) is 26.2 Å². The number of aliphatic hydroxyl groups is 1. The van der Waals surface area contributed by atoms with Crippen molar-refractivity contribution in [2.24, 2.45) is 0 Å². The summed E-state index contributed by atoms with van der Waals surface area (Å²) in [6.07, 6.45) is 3.51. The Kier molecular flexibility index (Phi) is 7.11. The van der Waals surface area contributed by atoms with Crippen molar-refractivity contribution in [3.05, 3.63) is 35.9 Å². The van der Waals surface area contributed by atoms with E-state index in [9.17, 15) is 5.11 Å². The van der Waals surface area contributed by atoms with Crippen LogP contribution in [0.4, 0.5) is 0 Å². The van der Waals surface area contributed by atoms with Gasteiger partial charge in [-0.2, -0.15) is 0 Å². The van der Waals surface area contributed by atoms with Gasteiger partial charge in [-0.1, -0.05) is 51.1 Å². The summed E-state index contributed by atoms with van der Waals surface area (Å²) in [5.74, 6) is 0. The van der Waals surface area contributed by atoms with Gasteiger partial charge in [-0.25, -0.2) is 0 Å². The van der Waals surface area contributed by atoms with Crippen LogP contribution >= 0.6 is 0 Å². The number of hydrogen-bond acceptors (Lipinski definition) is 1. The monoisotopic (exact) mass is 264 g/mol. The molecule has 0 bridgehead atoms. The van der Waals surface area contributed by atoms with E-state index < -0.39 is 0 Å². The average molecular weight is 264 g/mol. The van der Waals surface area contributed by atoms with E-state index in [0.717, 1.165) is 24.1 Å². The van der Waals surface area contributed by atoms with E-state index in [1.807, 2.05) is 6.07 Å². The second-order valence-electron chi connectivity index (χ2n) is 5.50. The minimum Gasteiger partial charge on any atom is -0.390 e. The molecule has 1 N–H and O–H groups in total. The number of quaternary nitrogens is 1. The van der Waals surface area contributed by atoms with Gasteiger partial charge < -0.3 is 9.59 Å². The van der Waals surface area contributed by atoms with E-state index in [4.69, 9.17) is 0 Å². The quantitative estimate of drug-likeness (QED) is 0.673. The highest BCUT2D eigenvalue weighted by atomic mass is 16.3. The van der Waals surface area contributed by atoms with Crippen LogP contribution in [0.5, 0.6) is 0 Å². The second kappa shape index (κ2) is 8.34. The van der Waals surface area contributed by atoms with Gasteiger partial charge in [0.2, 0.25) is 0 Å². The summed E-state index contributed by atoms with van der Waals surface area (Å²) in [4.78, 5) is 0. The Labute approximate surface area is 118 Å². The van der Waals surface area contributed by atoms with Crippen LogP contribution in [0.3, 0.4) is 0 Å². The van der Waals surface area contributed by atoms with Gasteiger partial charge in [0.15, 0.2) is 0 Å². The third-order valence-corrected chi connectivity index (χ3v) is 4.03. The third kappa shape index (κ3) is 4.05. The van der Waals surface area contributed by atoms with Gasteiger partial charge in [0.1, 0.15) is 6.04 Å². The van der Waals surface area contributed by atoms with Gasteiger partial charge in [-0.05, 0) is 19.3 Å². The minimum atomic E-state index is 0.223. The van der Waals surface area contributed by atoms with Crippen molar-refractivity contribution in [2.45, 2.75) is 46.1 Å². The molecular weight excluding hydrogens is 234 g/mol. The molecule has 0 saturated carbocycles. The Morgan fingerprint density at radius 2 is 1.37 bits per heavy atom. The highest BCUT2D eigenvalue weighted by Gasteiger charge is 2.35. The van der Waals surface area contributed by atoms with E-state index in [1.165, 1.54) is 24.8 Å². The molecule has 0 aliphatic rings. The van der Waals surface area contributed by atoms with E-state index in [2.05, 4.69) is 45.0 Å². The standard InChI is InChI=1S/C17H30NO/c1-4-12-18(13-5-2,14-6-3)17(15-19)16-10-8-7-9-11-16/h7-11,17,19H,4-6,12-15H2,1-3H3/q+1. The van der Waals surface area contributed by atoms with Crippen molar-refractivity contribution in [3.63, 3.8) is 0 Å². The molecule has 0 aromatic heterocycles. The normalized spacial score (nSPS) is 13.5. The summed E-state index contributed by atoms with van der Waals surface area (Å²) >= 11 is 0. The second-order valence-corrected chi connectivity index (χ2v) is 5.50. The van der Waals surface area contributed by atoms with Gasteiger partial charge >= 0.3 is 0 Å². The fourth-order valence-electron chi connectivity index (χ4n) is 3.41. The van der Waals surface area contributed by atoms with Crippen LogP contribution in [-0.4, -0.2) is 35.8 Å². The van der Waals surface area contributed by atoms with Gasteiger partial charge in [-0.3, -0.25) is 0 Å². The predicted molar refractivity (Wildman–Crippen MR) is 82.0 cm³/mol. The van der Waals surface area contributed by atoms with Crippen LogP contribution in [0.1, 0.15) is 51.6 Å². The van der Waals surface area contributed by atoms with Crippen LogP contribution in [0.2, 0.25) is 0 Å². The van der Waals surface area contributed by atoms with E-state index >= 15 is 0 Å². The Bertz CT molecular complexity index is 319. The van der Waals surface area contributed by atoms with Crippen LogP contribution in [-0.2, 0) is 0 Å². The first-order valence-corrected chi connectivity index (χ1v) is 7.75. The molecule has 0 spiro atoms. The van der Waals surface area contributed by atoms with E-state index in [-0.39, 0.29) is 12.6 Å². The first-order valence-electron chi connectivity index (χ1n) is 7.75. The predicted octanol–water partition coefficient (Wildman–Crippen LogP) is 3.77. The summed E-state index contributed by atoms with van der Waals surface area (Å²) in [6.45, 7) is 10.4. The topological polar surface area (TPSA) is 20.2 Å². The zero-order valence-electron chi connectivity index (χ0n) is 12.8. The molecule has 1 unspecified atom stereocenters. The maximum absolute atomic E-state index is 9.98. The Morgan fingerprint density at radius 3 is 1.74 bits per heavy atom. The summed E-state index contributed by atoms with van der Waals surface area (Å²) in [7, 11) is 0. The van der Waals surface area contributed by atoms with Gasteiger partial charge in [0, 0.05) is 5.56 Å². The molecule has 0 saturated heterocycles. The lowest BCUT2D eigenvalue weighted by atomic mass is 10.0. The van der Waals surface area contributed by atoms with Crippen molar-refractivity contribution < 1.29 is 9.59 Å². The average Bonchev–Trinajstić information content (AvgIpc) is 2.41. The summed E-state index contributed by atoms with van der Waals surface area (Å²) in [5.41, 5.74) is 1.28. The smallest absolute Gasteiger partial charge is 0.138 e. The number of aliphatic hydroxyl groups excluding tert-OH is 1. The first kappa shape index (κ1) is 16.2. The minimum absolute atomic E-state index is 0.223.